The lowest BCUT2D eigenvalue weighted by atomic mass is 10.2. The molecule has 24 heavy (non-hydrogen) atoms. The van der Waals surface area contributed by atoms with E-state index in [-0.39, 0.29) is 30.3 Å². The maximum Gasteiger partial charge on any atom is 0.405 e. The minimum Gasteiger partial charge on any atom is -0.309 e. The van der Waals surface area contributed by atoms with Crippen LogP contribution in [-0.2, 0) is 0 Å². The Labute approximate surface area is 129 Å². The summed E-state index contributed by atoms with van der Waals surface area (Å²) >= 11 is 0. The molecule has 0 bridgehead atoms. The van der Waals surface area contributed by atoms with Gasteiger partial charge in [0.15, 0.2) is 22.4 Å². The smallest absolute Gasteiger partial charge is 0.309 e. The number of hydroxylamine groups is 8. The number of urea groups is 2. The SMILES string of the molecule is O=C1N(O)C2C(N(O)C3C(N2O)N([N+](=O)[O-])C(=O)N3O)N1[N+](=O)[O-]. The molecule has 0 saturated carbocycles. The Morgan fingerprint density at radius 3 is 1.25 bits per heavy atom. The topological polar surface area (TPSA) is 221 Å². The van der Waals surface area contributed by atoms with Gasteiger partial charge in [-0.05, 0) is 10.0 Å². The largest absolute Gasteiger partial charge is 0.405 e. The predicted octanol–water partition coefficient (Wildman–Crippen LogP) is -2.68. The van der Waals surface area contributed by atoms with Crippen LogP contribution in [0.2, 0.25) is 0 Å². The van der Waals surface area contributed by atoms with Crippen molar-refractivity contribution in [1.82, 2.24) is 30.3 Å². The van der Waals surface area contributed by atoms with Crippen LogP contribution in [0.3, 0.4) is 0 Å². The first kappa shape index (κ1) is 16.0. The summed E-state index contributed by atoms with van der Waals surface area (Å²) in [6, 6.07) is -3.34. The van der Waals surface area contributed by atoms with E-state index in [1.54, 1.807) is 0 Å². The van der Waals surface area contributed by atoms with Gasteiger partial charge >= 0.3 is 12.1 Å². The Balaban J connectivity index is 2.10. The quantitative estimate of drug-likeness (QED) is 0.227. The van der Waals surface area contributed by atoms with Crippen LogP contribution < -0.4 is 0 Å². The van der Waals surface area contributed by atoms with Crippen molar-refractivity contribution < 1.29 is 40.5 Å². The lowest BCUT2D eigenvalue weighted by Crippen LogP contribution is -2.72. The van der Waals surface area contributed by atoms with E-state index < -0.39 is 46.8 Å². The zero-order valence-electron chi connectivity index (χ0n) is 11.1. The number of nitro groups is 2. The fraction of sp³-hybridized carbons (Fsp3) is 0.667. The number of nitrogens with zero attached hydrogens (tertiary/aromatic N) is 8. The highest BCUT2D eigenvalue weighted by Crippen LogP contribution is 2.38. The molecule has 0 radical (unpaired) electrons. The molecule has 132 valence electrons. The van der Waals surface area contributed by atoms with Gasteiger partial charge in [-0.2, -0.15) is 10.1 Å². The third-order valence-corrected chi connectivity index (χ3v) is 3.76. The molecule has 0 aromatic heterocycles. The Morgan fingerprint density at radius 2 is 1.00 bits per heavy atom. The van der Waals surface area contributed by atoms with Crippen molar-refractivity contribution in [2.45, 2.75) is 24.7 Å². The van der Waals surface area contributed by atoms with Gasteiger partial charge in [-0.25, -0.2) is 29.8 Å². The molecule has 3 aliphatic heterocycles. The molecule has 3 aliphatic rings. The summed E-state index contributed by atoms with van der Waals surface area (Å²) in [5, 5.41) is 57.1. The van der Waals surface area contributed by atoms with Gasteiger partial charge in [-0.3, -0.25) is 10.4 Å². The molecule has 4 atom stereocenters. The molecule has 4 N–H and O–H groups in total. The van der Waals surface area contributed by atoms with E-state index in [4.69, 9.17) is 0 Å². The molecule has 0 spiro atoms. The summed E-state index contributed by atoms with van der Waals surface area (Å²) in [6.45, 7) is 0. The Morgan fingerprint density at radius 1 is 0.708 bits per heavy atom. The maximum atomic E-state index is 11.7. The van der Waals surface area contributed by atoms with Crippen LogP contribution in [0.4, 0.5) is 9.59 Å². The molecule has 18 heteroatoms. The Hall–Kier alpha value is -2.90. The number of amides is 4. The summed E-state index contributed by atoms with van der Waals surface area (Å²) in [6.07, 6.45) is -8.34. The van der Waals surface area contributed by atoms with E-state index in [1.807, 2.05) is 0 Å². The van der Waals surface area contributed by atoms with Gasteiger partial charge in [0.25, 0.3) is 0 Å². The summed E-state index contributed by atoms with van der Waals surface area (Å²) in [5.41, 5.74) is 0. The standard InChI is InChI=1S/C6H8N8O10/c15-5-7(13(21)22)1-3(11(5)19)10(18)2-4(9(1)17)12(20)6(16)8(2)14(23)24/h1-4,17-20H. The van der Waals surface area contributed by atoms with Crippen LogP contribution in [-0.4, -0.2) is 97.9 Å². The molecule has 3 saturated heterocycles. The van der Waals surface area contributed by atoms with Crippen LogP contribution in [0.15, 0.2) is 0 Å². The molecule has 0 aromatic rings. The minimum atomic E-state index is -2.10. The minimum absolute atomic E-state index is 0.125. The molecule has 0 aliphatic carbocycles. The first-order chi connectivity index (χ1) is 11.1. The van der Waals surface area contributed by atoms with Crippen molar-refractivity contribution in [3.63, 3.8) is 0 Å². The summed E-state index contributed by atoms with van der Waals surface area (Å²) < 4.78 is 0. The number of fused-ring (bicyclic) bond motifs is 2. The zero-order chi connectivity index (χ0) is 18.1. The molecule has 18 nitrogen and oxygen atoms in total. The van der Waals surface area contributed by atoms with Gasteiger partial charge < -0.3 is 10.4 Å². The third kappa shape index (κ3) is 1.68. The molecular weight excluding hydrogens is 344 g/mol. The second-order valence-corrected chi connectivity index (χ2v) is 4.83. The Bertz CT molecular complexity index is 589. The third-order valence-electron chi connectivity index (χ3n) is 3.76. The van der Waals surface area contributed by atoms with Gasteiger partial charge in [0.1, 0.15) is 0 Å². The van der Waals surface area contributed by atoms with Crippen molar-refractivity contribution in [1.29, 1.82) is 0 Å². The van der Waals surface area contributed by atoms with E-state index in [0.717, 1.165) is 0 Å². The van der Waals surface area contributed by atoms with Crippen LogP contribution in [0.25, 0.3) is 0 Å². The molecule has 4 amide bonds. The van der Waals surface area contributed by atoms with Crippen LogP contribution >= 0.6 is 0 Å². The number of carbonyl (C=O) groups excluding carboxylic acids is 2. The van der Waals surface area contributed by atoms with E-state index in [1.165, 1.54) is 0 Å². The van der Waals surface area contributed by atoms with E-state index in [0.29, 0.717) is 0 Å². The highest BCUT2D eigenvalue weighted by Gasteiger charge is 2.71. The summed E-state index contributed by atoms with van der Waals surface area (Å²) in [5.74, 6) is 0. The molecular formula is C6H8N8O10. The van der Waals surface area contributed by atoms with Gasteiger partial charge in [-0.1, -0.05) is 0 Å². The van der Waals surface area contributed by atoms with Crippen molar-refractivity contribution in [3.8, 4) is 0 Å². The summed E-state index contributed by atoms with van der Waals surface area (Å²) in [4.78, 5) is 45.3. The van der Waals surface area contributed by atoms with Gasteiger partial charge in [-0.15, -0.1) is 10.1 Å². The number of carbonyl (C=O) groups is 2. The molecule has 3 heterocycles. The molecule has 4 unspecified atom stereocenters. The highest BCUT2D eigenvalue weighted by atomic mass is 16.7. The number of hydrogen-bond acceptors (Lipinski definition) is 12. The van der Waals surface area contributed by atoms with E-state index >= 15 is 0 Å². The van der Waals surface area contributed by atoms with Crippen molar-refractivity contribution in [2.24, 2.45) is 0 Å². The predicted molar refractivity (Wildman–Crippen MR) is 58.1 cm³/mol. The number of hydrazine groups is 2. The average Bonchev–Trinajstić information content (AvgIpc) is 2.91. The lowest BCUT2D eigenvalue weighted by Gasteiger charge is -2.43. The van der Waals surface area contributed by atoms with Crippen LogP contribution in [0.1, 0.15) is 0 Å². The first-order valence-corrected chi connectivity index (χ1v) is 5.97. The van der Waals surface area contributed by atoms with Crippen molar-refractivity contribution in [2.75, 3.05) is 0 Å². The normalized spacial score (nSPS) is 34.0. The number of piperazine rings is 1. The second kappa shape index (κ2) is 4.80. The zero-order valence-corrected chi connectivity index (χ0v) is 11.1. The number of hydrogen-bond donors (Lipinski definition) is 4. The lowest BCUT2D eigenvalue weighted by molar-refractivity contribution is -0.664. The van der Waals surface area contributed by atoms with Gasteiger partial charge in [0.2, 0.25) is 12.3 Å². The van der Waals surface area contributed by atoms with E-state index in [2.05, 4.69) is 0 Å². The molecule has 3 fully saturated rings. The second-order valence-electron chi connectivity index (χ2n) is 4.83. The van der Waals surface area contributed by atoms with E-state index in [9.17, 15) is 50.6 Å². The van der Waals surface area contributed by atoms with Crippen molar-refractivity contribution in [3.05, 3.63) is 20.2 Å². The van der Waals surface area contributed by atoms with Crippen LogP contribution in [0, 0.1) is 20.2 Å². The number of rotatable bonds is 2. The fourth-order valence-corrected chi connectivity index (χ4v) is 2.81. The maximum absolute atomic E-state index is 11.7. The van der Waals surface area contributed by atoms with Gasteiger partial charge in [0.05, 0.1) is 0 Å². The van der Waals surface area contributed by atoms with Crippen LogP contribution in [0.5, 0.6) is 0 Å². The molecule has 0 aromatic carbocycles. The van der Waals surface area contributed by atoms with Gasteiger partial charge in [0, 0.05) is 0 Å². The average molecular weight is 352 g/mol. The summed E-state index contributed by atoms with van der Waals surface area (Å²) in [7, 11) is 0. The fourth-order valence-electron chi connectivity index (χ4n) is 2.81. The monoisotopic (exact) mass is 352 g/mol. The van der Waals surface area contributed by atoms with Crippen molar-refractivity contribution >= 4 is 12.1 Å². The Kier molecular flexibility index (Phi) is 3.19. The highest BCUT2D eigenvalue weighted by molar-refractivity contribution is 5.76. The molecule has 3 rings (SSSR count). The first-order valence-electron chi connectivity index (χ1n) is 5.97.